The number of carbonyl (C=O) groups is 1. The summed E-state index contributed by atoms with van der Waals surface area (Å²) in [4.78, 5) is 10.9. The number of anilines is 1. The van der Waals surface area contributed by atoms with Gasteiger partial charge in [0.05, 0.1) is 12.7 Å². The second-order valence-corrected chi connectivity index (χ2v) is 3.14. The van der Waals surface area contributed by atoms with E-state index in [0.717, 1.165) is 0 Å². The van der Waals surface area contributed by atoms with E-state index in [4.69, 9.17) is 20.8 Å². The van der Waals surface area contributed by atoms with E-state index in [1.54, 1.807) is 12.1 Å². The van der Waals surface area contributed by atoms with Crippen molar-refractivity contribution in [3.63, 3.8) is 0 Å². The number of rotatable bonds is 5. The number of carboxylic acids is 1. The Labute approximate surface area is 93.1 Å². The van der Waals surface area contributed by atoms with Crippen LogP contribution in [0.15, 0.2) is 18.2 Å². The van der Waals surface area contributed by atoms with Crippen LogP contribution in [0.3, 0.4) is 0 Å². The zero-order chi connectivity index (χ0) is 12.0. The van der Waals surface area contributed by atoms with E-state index in [-0.39, 0.29) is 17.0 Å². The van der Waals surface area contributed by atoms with Crippen molar-refractivity contribution in [3.8, 4) is 11.8 Å². The van der Waals surface area contributed by atoms with Crippen LogP contribution < -0.4 is 10.5 Å². The van der Waals surface area contributed by atoms with Gasteiger partial charge in [-0.1, -0.05) is 6.07 Å². The summed E-state index contributed by atoms with van der Waals surface area (Å²) < 4.78 is 5.27. The number of hydrogen-bond donors (Lipinski definition) is 2. The predicted octanol–water partition coefficient (Wildman–Crippen LogP) is 1.65. The van der Waals surface area contributed by atoms with Crippen LogP contribution in [-0.2, 0) is 0 Å². The van der Waals surface area contributed by atoms with Gasteiger partial charge in [0, 0.05) is 12.1 Å². The minimum absolute atomic E-state index is 0.0283. The average Bonchev–Trinajstić information content (AvgIpc) is 2.24. The van der Waals surface area contributed by atoms with Crippen LogP contribution >= 0.6 is 0 Å². The standard InChI is InChI=1S/C11H12N2O3/c12-6-1-2-7-16-9-5-3-4-8(13)10(9)11(14)15/h3-5H,1-2,7,13H2,(H,14,15). The molecule has 0 atom stereocenters. The topological polar surface area (TPSA) is 96.3 Å². The molecule has 0 unspecified atom stereocenters. The third-order valence-electron chi connectivity index (χ3n) is 1.96. The van der Waals surface area contributed by atoms with E-state index >= 15 is 0 Å². The molecule has 0 saturated heterocycles. The lowest BCUT2D eigenvalue weighted by atomic mass is 10.1. The molecule has 0 amide bonds. The van der Waals surface area contributed by atoms with E-state index in [2.05, 4.69) is 0 Å². The number of nitriles is 1. The smallest absolute Gasteiger partial charge is 0.341 e. The Kier molecular flexibility index (Phi) is 4.16. The minimum atomic E-state index is -1.12. The van der Waals surface area contributed by atoms with E-state index in [9.17, 15) is 4.79 Å². The quantitative estimate of drug-likeness (QED) is 0.581. The van der Waals surface area contributed by atoms with E-state index < -0.39 is 5.97 Å². The van der Waals surface area contributed by atoms with Gasteiger partial charge in [0.2, 0.25) is 0 Å². The first-order valence-electron chi connectivity index (χ1n) is 4.78. The van der Waals surface area contributed by atoms with Crippen molar-refractivity contribution in [2.75, 3.05) is 12.3 Å². The summed E-state index contributed by atoms with van der Waals surface area (Å²) in [6.07, 6.45) is 0.940. The highest BCUT2D eigenvalue weighted by Gasteiger charge is 2.14. The van der Waals surface area contributed by atoms with Crippen molar-refractivity contribution in [2.24, 2.45) is 0 Å². The van der Waals surface area contributed by atoms with E-state index in [1.807, 2.05) is 6.07 Å². The summed E-state index contributed by atoms with van der Waals surface area (Å²) in [7, 11) is 0. The van der Waals surface area contributed by atoms with Gasteiger partial charge in [-0.2, -0.15) is 5.26 Å². The van der Waals surface area contributed by atoms with E-state index in [0.29, 0.717) is 19.4 Å². The van der Waals surface area contributed by atoms with Crippen LogP contribution in [0.2, 0.25) is 0 Å². The van der Waals surface area contributed by atoms with Crippen LogP contribution in [0, 0.1) is 11.3 Å². The molecule has 0 aliphatic rings. The summed E-state index contributed by atoms with van der Waals surface area (Å²) in [5.74, 6) is -0.876. The van der Waals surface area contributed by atoms with Crippen LogP contribution in [0.25, 0.3) is 0 Å². The fourth-order valence-corrected chi connectivity index (χ4v) is 1.23. The van der Waals surface area contributed by atoms with E-state index in [1.165, 1.54) is 6.07 Å². The van der Waals surface area contributed by atoms with Crippen molar-refractivity contribution in [2.45, 2.75) is 12.8 Å². The molecular formula is C11H12N2O3. The number of aromatic carboxylic acids is 1. The Hall–Kier alpha value is -2.22. The maximum atomic E-state index is 10.9. The van der Waals surface area contributed by atoms with Crippen LogP contribution in [-0.4, -0.2) is 17.7 Å². The number of carboxylic acid groups (broad SMARTS) is 1. The van der Waals surface area contributed by atoms with Gasteiger partial charge in [0.15, 0.2) is 0 Å². The number of benzene rings is 1. The number of nitrogens with zero attached hydrogens (tertiary/aromatic N) is 1. The Morgan fingerprint density at radius 1 is 1.56 bits per heavy atom. The molecule has 1 aromatic rings. The van der Waals surface area contributed by atoms with Gasteiger partial charge in [0.1, 0.15) is 11.3 Å². The molecule has 0 heterocycles. The van der Waals surface area contributed by atoms with Gasteiger partial charge in [-0.05, 0) is 18.6 Å². The zero-order valence-electron chi connectivity index (χ0n) is 8.64. The SMILES string of the molecule is N#CCCCOc1cccc(N)c1C(=O)O. The normalized spacial score (nSPS) is 9.44. The molecule has 1 aromatic carbocycles. The lowest BCUT2D eigenvalue weighted by Gasteiger charge is -2.09. The fraction of sp³-hybridized carbons (Fsp3) is 0.273. The molecule has 0 bridgehead atoms. The maximum absolute atomic E-state index is 10.9. The lowest BCUT2D eigenvalue weighted by molar-refractivity contribution is 0.0693. The lowest BCUT2D eigenvalue weighted by Crippen LogP contribution is -2.07. The van der Waals surface area contributed by atoms with Gasteiger partial charge in [0.25, 0.3) is 0 Å². The van der Waals surface area contributed by atoms with Crippen LogP contribution in [0.1, 0.15) is 23.2 Å². The van der Waals surface area contributed by atoms with Gasteiger partial charge in [-0.25, -0.2) is 4.79 Å². The molecule has 84 valence electrons. The Morgan fingerprint density at radius 2 is 2.31 bits per heavy atom. The Balaban J connectivity index is 2.76. The van der Waals surface area contributed by atoms with Crippen LogP contribution in [0.5, 0.6) is 5.75 Å². The predicted molar refractivity (Wildman–Crippen MR) is 58.2 cm³/mol. The van der Waals surface area contributed by atoms with Gasteiger partial charge in [-0.3, -0.25) is 0 Å². The number of ether oxygens (including phenoxy) is 1. The second-order valence-electron chi connectivity index (χ2n) is 3.14. The molecule has 0 aliphatic carbocycles. The highest BCUT2D eigenvalue weighted by molar-refractivity contribution is 5.96. The zero-order valence-corrected chi connectivity index (χ0v) is 8.64. The first kappa shape index (κ1) is 11.9. The third kappa shape index (κ3) is 2.89. The summed E-state index contributed by atoms with van der Waals surface area (Å²) in [5, 5.41) is 17.3. The number of nitrogen functional groups attached to an aromatic ring is 1. The highest BCUT2D eigenvalue weighted by atomic mass is 16.5. The minimum Gasteiger partial charge on any atom is -0.493 e. The summed E-state index contributed by atoms with van der Waals surface area (Å²) in [6, 6.07) is 6.66. The molecule has 0 aliphatic heterocycles. The van der Waals surface area contributed by atoms with Gasteiger partial charge >= 0.3 is 5.97 Å². The third-order valence-corrected chi connectivity index (χ3v) is 1.96. The molecule has 0 fully saturated rings. The first-order valence-corrected chi connectivity index (χ1v) is 4.78. The van der Waals surface area contributed by atoms with Gasteiger partial charge in [-0.15, -0.1) is 0 Å². The fourth-order valence-electron chi connectivity index (χ4n) is 1.23. The largest absolute Gasteiger partial charge is 0.493 e. The molecule has 0 radical (unpaired) electrons. The number of nitrogens with two attached hydrogens (primary N) is 1. The summed E-state index contributed by atoms with van der Waals surface area (Å²) in [5.41, 5.74) is 5.68. The maximum Gasteiger partial charge on any atom is 0.341 e. The molecule has 3 N–H and O–H groups in total. The first-order chi connectivity index (χ1) is 7.66. The molecular weight excluding hydrogens is 208 g/mol. The summed E-state index contributed by atoms with van der Waals surface area (Å²) in [6.45, 7) is 0.303. The summed E-state index contributed by atoms with van der Waals surface area (Å²) >= 11 is 0. The van der Waals surface area contributed by atoms with Crippen molar-refractivity contribution < 1.29 is 14.6 Å². The monoisotopic (exact) mass is 220 g/mol. The van der Waals surface area contributed by atoms with Gasteiger partial charge < -0.3 is 15.6 Å². The van der Waals surface area contributed by atoms with Crippen molar-refractivity contribution in [3.05, 3.63) is 23.8 Å². The molecule has 5 heteroatoms. The Morgan fingerprint density at radius 3 is 2.94 bits per heavy atom. The van der Waals surface area contributed by atoms with Crippen molar-refractivity contribution in [1.29, 1.82) is 5.26 Å². The molecule has 0 saturated carbocycles. The average molecular weight is 220 g/mol. The molecule has 16 heavy (non-hydrogen) atoms. The van der Waals surface area contributed by atoms with Crippen LogP contribution in [0.4, 0.5) is 5.69 Å². The Bertz CT molecular complexity index is 424. The molecule has 0 spiro atoms. The number of hydrogen-bond acceptors (Lipinski definition) is 4. The second kappa shape index (κ2) is 5.61. The molecule has 1 rings (SSSR count). The molecule has 0 aromatic heterocycles. The highest BCUT2D eigenvalue weighted by Crippen LogP contribution is 2.24. The molecule has 5 nitrogen and oxygen atoms in total. The van der Waals surface area contributed by atoms with Crippen molar-refractivity contribution in [1.82, 2.24) is 0 Å². The van der Waals surface area contributed by atoms with Crippen molar-refractivity contribution >= 4 is 11.7 Å². The number of unbranched alkanes of at least 4 members (excludes halogenated alkanes) is 1.